The summed E-state index contributed by atoms with van der Waals surface area (Å²) in [6, 6.07) is 0. The molecule has 1 saturated carbocycles. The van der Waals surface area contributed by atoms with Crippen LogP contribution in [0.2, 0.25) is 0 Å². The maximum Gasteiger partial charge on any atom is 0.308 e. The van der Waals surface area contributed by atoms with E-state index in [1.807, 2.05) is 6.92 Å². The first-order valence-corrected chi connectivity index (χ1v) is 7.22. The Morgan fingerprint density at radius 3 is 2.74 bits per heavy atom. The molecule has 2 aliphatic rings. The lowest BCUT2D eigenvalue weighted by atomic mass is 9.79. The molecule has 2 fully saturated rings. The Labute approximate surface area is 113 Å². The van der Waals surface area contributed by atoms with Crippen molar-refractivity contribution in [3.05, 3.63) is 0 Å². The van der Waals surface area contributed by atoms with Gasteiger partial charge in [-0.2, -0.15) is 0 Å². The number of ether oxygens (including phenoxy) is 1. The van der Waals surface area contributed by atoms with Crippen LogP contribution >= 0.6 is 0 Å². The maximum atomic E-state index is 12.1. The Morgan fingerprint density at radius 1 is 1.37 bits per heavy atom. The van der Waals surface area contributed by atoms with E-state index in [-0.39, 0.29) is 11.8 Å². The summed E-state index contributed by atoms with van der Waals surface area (Å²) in [5, 5.41) is 9.02. The summed E-state index contributed by atoms with van der Waals surface area (Å²) in [7, 11) is 0. The van der Waals surface area contributed by atoms with Gasteiger partial charge in [0.05, 0.1) is 12.0 Å². The van der Waals surface area contributed by atoms with Crippen LogP contribution in [0.4, 0.5) is 0 Å². The van der Waals surface area contributed by atoms with Gasteiger partial charge in [-0.25, -0.2) is 0 Å². The number of carbonyl (C=O) groups is 2. The highest BCUT2D eigenvalue weighted by Crippen LogP contribution is 2.33. The van der Waals surface area contributed by atoms with Gasteiger partial charge in [-0.3, -0.25) is 9.59 Å². The summed E-state index contributed by atoms with van der Waals surface area (Å²) < 4.78 is 5.48. The number of hydrogen-bond donors (Lipinski definition) is 1. The van der Waals surface area contributed by atoms with E-state index in [1.54, 1.807) is 4.90 Å². The van der Waals surface area contributed by atoms with Gasteiger partial charge < -0.3 is 14.7 Å². The molecule has 5 nitrogen and oxygen atoms in total. The lowest BCUT2D eigenvalue weighted by Gasteiger charge is -2.37. The zero-order chi connectivity index (χ0) is 13.8. The van der Waals surface area contributed by atoms with Crippen molar-refractivity contribution in [3.63, 3.8) is 0 Å². The van der Waals surface area contributed by atoms with E-state index in [2.05, 4.69) is 0 Å². The summed E-state index contributed by atoms with van der Waals surface area (Å²) >= 11 is 0. The molecule has 1 saturated heterocycles. The monoisotopic (exact) mass is 269 g/mol. The second-order valence-corrected chi connectivity index (χ2v) is 5.64. The van der Waals surface area contributed by atoms with E-state index in [4.69, 9.17) is 9.84 Å². The third-order valence-corrected chi connectivity index (χ3v) is 4.18. The van der Waals surface area contributed by atoms with Crippen LogP contribution in [0.5, 0.6) is 0 Å². The minimum Gasteiger partial charge on any atom is -0.481 e. The molecule has 0 radical (unpaired) electrons. The van der Waals surface area contributed by atoms with Gasteiger partial charge in [-0.15, -0.1) is 0 Å². The third kappa shape index (κ3) is 3.69. The van der Waals surface area contributed by atoms with Gasteiger partial charge in [-0.1, -0.05) is 0 Å². The number of carboxylic acids is 1. The van der Waals surface area contributed by atoms with Crippen molar-refractivity contribution in [2.45, 2.75) is 45.1 Å². The van der Waals surface area contributed by atoms with Crippen molar-refractivity contribution >= 4 is 11.9 Å². The van der Waals surface area contributed by atoms with Crippen molar-refractivity contribution < 1.29 is 19.4 Å². The summed E-state index contributed by atoms with van der Waals surface area (Å²) in [6.07, 6.45) is 4.31. The Hall–Kier alpha value is -1.10. The molecule has 0 aromatic heterocycles. The molecule has 1 aliphatic carbocycles. The predicted octanol–water partition coefficient (Wildman–Crippen LogP) is 1.51. The summed E-state index contributed by atoms with van der Waals surface area (Å²) in [4.78, 5) is 24.8. The van der Waals surface area contributed by atoms with Gasteiger partial charge in [-0.05, 0) is 38.5 Å². The van der Waals surface area contributed by atoms with Crippen LogP contribution in [0.25, 0.3) is 0 Å². The maximum absolute atomic E-state index is 12.1. The lowest BCUT2D eigenvalue weighted by Crippen LogP contribution is -2.44. The molecule has 0 aromatic rings. The highest BCUT2D eigenvalue weighted by Gasteiger charge is 2.34. The quantitative estimate of drug-likeness (QED) is 0.821. The van der Waals surface area contributed by atoms with E-state index in [9.17, 15) is 9.59 Å². The Bertz CT molecular complexity index is 338. The number of aliphatic carboxylic acids is 1. The molecular formula is C14H23NO4. The normalized spacial score (nSPS) is 30.8. The molecule has 1 heterocycles. The second kappa shape index (κ2) is 6.37. The van der Waals surface area contributed by atoms with Crippen LogP contribution in [-0.2, 0) is 14.3 Å². The van der Waals surface area contributed by atoms with Gasteiger partial charge in [0.15, 0.2) is 0 Å². The number of nitrogens with zero attached hydrogens (tertiary/aromatic N) is 1. The van der Waals surface area contributed by atoms with Crippen LogP contribution in [-0.4, -0.2) is 47.7 Å². The van der Waals surface area contributed by atoms with Crippen molar-refractivity contribution in [1.29, 1.82) is 0 Å². The Kier molecular flexibility index (Phi) is 4.80. The number of rotatable bonds is 5. The van der Waals surface area contributed by atoms with Crippen LogP contribution < -0.4 is 0 Å². The fourth-order valence-corrected chi connectivity index (χ4v) is 2.99. The van der Waals surface area contributed by atoms with Gasteiger partial charge in [0.25, 0.3) is 0 Å². The topological polar surface area (TPSA) is 66.8 Å². The highest BCUT2D eigenvalue weighted by molar-refractivity contribution is 5.78. The van der Waals surface area contributed by atoms with Crippen molar-refractivity contribution in [3.8, 4) is 0 Å². The van der Waals surface area contributed by atoms with Crippen LogP contribution in [0.15, 0.2) is 0 Å². The van der Waals surface area contributed by atoms with Crippen molar-refractivity contribution in [1.82, 2.24) is 4.90 Å². The molecular weight excluding hydrogens is 246 g/mol. The van der Waals surface area contributed by atoms with E-state index < -0.39 is 5.97 Å². The van der Waals surface area contributed by atoms with Crippen LogP contribution in [0.3, 0.4) is 0 Å². The number of likely N-dealkylation sites (tertiary alicyclic amines) is 1. The molecule has 1 atom stereocenters. The van der Waals surface area contributed by atoms with Crippen LogP contribution in [0, 0.1) is 11.8 Å². The Morgan fingerprint density at radius 2 is 2.11 bits per heavy atom. The molecule has 5 heteroatoms. The summed E-state index contributed by atoms with van der Waals surface area (Å²) in [5.41, 5.74) is 0. The molecule has 108 valence electrons. The molecule has 1 amide bonds. The van der Waals surface area contributed by atoms with E-state index in [0.29, 0.717) is 38.0 Å². The molecule has 19 heavy (non-hydrogen) atoms. The summed E-state index contributed by atoms with van der Waals surface area (Å²) in [6.45, 7) is 3.82. The first kappa shape index (κ1) is 14.3. The average Bonchev–Trinajstić information content (AvgIpc) is 2.36. The highest BCUT2D eigenvalue weighted by atomic mass is 16.5. The number of carboxylic acid groups (broad SMARTS) is 1. The summed E-state index contributed by atoms with van der Waals surface area (Å²) in [5.74, 6) is -0.618. The fraction of sp³-hybridized carbons (Fsp3) is 0.857. The molecule has 0 bridgehead atoms. The smallest absolute Gasteiger partial charge is 0.308 e. The number of carbonyl (C=O) groups excluding carboxylic acids is 1. The second-order valence-electron chi connectivity index (χ2n) is 5.64. The van der Waals surface area contributed by atoms with E-state index >= 15 is 0 Å². The predicted molar refractivity (Wildman–Crippen MR) is 69.7 cm³/mol. The van der Waals surface area contributed by atoms with Crippen LogP contribution in [0.1, 0.15) is 39.0 Å². The first-order valence-electron chi connectivity index (χ1n) is 7.22. The third-order valence-electron chi connectivity index (χ3n) is 4.18. The number of hydrogen-bond acceptors (Lipinski definition) is 3. The minimum absolute atomic E-state index is 0.117. The fourth-order valence-electron chi connectivity index (χ4n) is 2.99. The molecule has 0 unspecified atom stereocenters. The van der Waals surface area contributed by atoms with E-state index in [1.165, 1.54) is 0 Å². The standard InChI is InChI=1S/C14H23NO4/c1-2-19-12-6-10(7-12)8-13(16)15-5-3-4-11(9-15)14(17)18/h10-12H,2-9H2,1H3,(H,17,18)/t10?,11-,12?/m0/s1. The van der Waals surface area contributed by atoms with Gasteiger partial charge in [0.1, 0.15) is 0 Å². The number of amides is 1. The minimum atomic E-state index is -0.780. The SMILES string of the molecule is CCOC1CC(CC(=O)N2CCC[C@H](C(=O)O)C2)C1. The van der Waals surface area contributed by atoms with Crippen molar-refractivity contribution in [2.75, 3.05) is 19.7 Å². The Balaban J connectivity index is 1.73. The van der Waals surface area contributed by atoms with Gasteiger partial charge in [0.2, 0.25) is 5.91 Å². The lowest BCUT2D eigenvalue weighted by molar-refractivity contribution is -0.146. The first-order chi connectivity index (χ1) is 9.10. The van der Waals surface area contributed by atoms with Crippen molar-refractivity contribution in [2.24, 2.45) is 11.8 Å². The zero-order valence-electron chi connectivity index (χ0n) is 11.5. The largest absolute Gasteiger partial charge is 0.481 e. The average molecular weight is 269 g/mol. The number of piperidine rings is 1. The molecule has 1 aliphatic heterocycles. The van der Waals surface area contributed by atoms with Gasteiger partial charge in [0, 0.05) is 26.1 Å². The molecule has 2 rings (SSSR count). The zero-order valence-corrected chi connectivity index (χ0v) is 11.5. The molecule has 0 aromatic carbocycles. The molecule has 0 spiro atoms. The molecule has 1 N–H and O–H groups in total. The van der Waals surface area contributed by atoms with E-state index in [0.717, 1.165) is 25.9 Å². The van der Waals surface area contributed by atoms with Gasteiger partial charge >= 0.3 is 5.97 Å².